The van der Waals surface area contributed by atoms with E-state index in [1.165, 1.54) is 28.3 Å². The summed E-state index contributed by atoms with van der Waals surface area (Å²) in [5.74, 6) is 0.633. The van der Waals surface area contributed by atoms with Gasteiger partial charge in [-0.15, -0.1) is 0 Å². The normalized spacial score (nSPS) is 18.0. The Bertz CT molecular complexity index is 3390. The first-order valence-corrected chi connectivity index (χ1v) is 29.7. The molecular weight excluding hydrogens is 1070 g/mol. The van der Waals surface area contributed by atoms with Crippen molar-refractivity contribution in [2.45, 2.75) is 88.1 Å². The van der Waals surface area contributed by atoms with Crippen molar-refractivity contribution in [1.82, 2.24) is 19.2 Å². The Hall–Kier alpha value is -7.69. The van der Waals surface area contributed by atoms with Crippen LogP contribution in [0.5, 0.6) is 23.0 Å². The molecule has 5 N–H and O–H groups in total. The summed E-state index contributed by atoms with van der Waals surface area (Å²) in [6.45, 7) is 8.71. The van der Waals surface area contributed by atoms with Gasteiger partial charge in [0.2, 0.25) is 26.0 Å². The highest BCUT2D eigenvalue weighted by atomic mass is 32.2. The number of nitrogens with zero attached hydrogens (tertiary/aromatic N) is 4. The second kappa shape index (κ2) is 24.2. The molecule has 4 aliphatic rings. The number of anilines is 1. The maximum absolute atomic E-state index is 14.2. The smallest absolute Gasteiger partial charge is 0.257 e. The molecule has 9 rings (SSSR count). The van der Waals surface area contributed by atoms with Gasteiger partial charge >= 0.3 is 0 Å². The monoisotopic (exact) mass is 1140 g/mol. The zero-order valence-electron chi connectivity index (χ0n) is 46.6. The number of fused-ring (bicyclic) bond motifs is 4. The summed E-state index contributed by atoms with van der Waals surface area (Å²) in [4.78, 5) is 55.6. The number of sulfonamides is 2. The zero-order valence-corrected chi connectivity index (χ0v) is 48.2. The molecule has 0 saturated carbocycles. The van der Waals surface area contributed by atoms with Gasteiger partial charge in [0.25, 0.3) is 11.8 Å². The number of benzene rings is 5. The Morgan fingerprint density at radius 2 is 1.07 bits per heavy atom. The van der Waals surface area contributed by atoms with Gasteiger partial charge in [-0.1, -0.05) is 64.1 Å². The van der Waals surface area contributed by atoms with E-state index in [0.717, 1.165) is 22.3 Å². The number of hydrogen-bond acceptors (Lipinski definition) is 14. The minimum Gasteiger partial charge on any atom is -0.493 e. The van der Waals surface area contributed by atoms with Crippen LogP contribution in [0.15, 0.2) is 123 Å². The molecule has 5 aromatic carbocycles. The first-order chi connectivity index (χ1) is 38.7. The highest BCUT2D eigenvalue weighted by molar-refractivity contribution is 7.89. The highest BCUT2D eigenvalue weighted by Gasteiger charge is 2.34. The molecule has 5 aromatic rings. The fraction of sp³-hybridized carbons (Fsp3) is 0.350. The molecule has 0 radical (unpaired) electrons. The number of nitrogens with two attached hydrogens (primary N) is 1. The third kappa shape index (κ3) is 12.6. The molecule has 1 unspecified atom stereocenters. The van der Waals surface area contributed by atoms with Crippen LogP contribution in [0.1, 0.15) is 89.9 Å². The lowest BCUT2D eigenvalue weighted by molar-refractivity contribution is -0.119. The van der Waals surface area contributed by atoms with Crippen molar-refractivity contribution in [1.29, 1.82) is 0 Å². The van der Waals surface area contributed by atoms with E-state index in [1.54, 1.807) is 95.0 Å². The van der Waals surface area contributed by atoms with Gasteiger partial charge in [0.1, 0.15) is 13.2 Å². The standard InChI is InChI=1S/C60H68N8O11S2/c1-35(2)57(61)36(3)21-37(4)58(69)66-44-23-38(33-78-55-29-51-49(27-53(55)76-7)59(70)67-19-17-42(25-45(67)31-64-51)40-9-13-47(14-10-40)80(72,73)62-5)22-39(24-44)34-79-56-30-52-50(28-54(56)77-8)60(71)68-20-18-43(26-46(68)32-65-52)41-11-15-48(16-12-41)81(74,75)63-6/h9-18,22-24,27-32,35-37,45-46,57,62-63H,19-21,25-26,33-34,61H2,1-8H3,(H,66,69)/t36?,37-,45+,46+,57+/m1/s1. The van der Waals surface area contributed by atoms with Gasteiger partial charge in [-0.05, 0) is 133 Å². The second-order valence-corrected chi connectivity index (χ2v) is 24.8. The number of carbonyl (C=O) groups excluding carboxylic acids is 3. The Morgan fingerprint density at radius 1 is 0.642 bits per heavy atom. The Kier molecular flexibility index (Phi) is 17.3. The van der Waals surface area contributed by atoms with Crippen molar-refractivity contribution in [2.75, 3.05) is 46.7 Å². The number of amides is 3. The number of hydrogen-bond donors (Lipinski definition) is 4. The third-order valence-corrected chi connectivity index (χ3v) is 18.2. The fourth-order valence-corrected chi connectivity index (χ4v) is 12.0. The summed E-state index contributed by atoms with van der Waals surface area (Å²) in [7, 11) is -1.48. The molecule has 0 aromatic heterocycles. The summed E-state index contributed by atoms with van der Waals surface area (Å²) >= 11 is 0. The largest absolute Gasteiger partial charge is 0.493 e. The third-order valence-electron chi connectivity index (χ3n) is 15.4. The van der Waals surface area contributed by atoms with Gasteiger partial charge in [0, 0.05) is 55.3 Å². The quantitative estimate of drug-likeness (QED) is 0.0575. The molecule has 0 aliphatic carbocycles. The fourth-order valence-electron chi connectivity index (χ4n) is 10.6. The summed E-state index contributed by atoms with van der Waals surface area (Å²) in [6.07, 6.45) is 8.94. The van der Waals surface area contributed by atoms with Gasteiger partial charge in [-0.3, -0.25) is 24.4 Å². The lowest BCUT2D eigenvalue weighted by Crippen LogP contribution is -2.43. The average molecular weight is 1140 g/mol. The van der Waals surface area contributed by atoms with Crippen LogP contribution < -0.4 is 39.4 Å². The summed E-state index contributed by atoms with van der Waals surface area (Å²) in [5, 5.41) is 3.12. The first kappa shape index (κ1) is 58.0. The molecule has 0 saturated heterocycles. The number of aliphatic imine (C=N–C) groups is 2. The average Bonchev–Trinajstić information content (AvgIpc) is 3.83. The molecule has 0 bridgehead atoms. The van der Waals surface area contributed by atoms with Crippen LogP contribution in [0, 0.1) is 17.8 Å². The van der Waals surface area contributed by atoms with E-state index in [2.05, 4.69) is 35.5 Å². The van der Waals surface area contributed by atoms with E-state index in [1.807, 2.05) is 37.3 Å². The minimum absolute atomic E-state index is 0.00652. The number of methoxy groups -OCH3 is 2. The molecule has 5 atom stereocenters. The number of carbonyl (C=O) groups is 3. The molecule has 3 amide bonds. The summed E-state index contributed by atoms with van der Waals surface area (Å²) < 4.78 is 78.6. The van der Waals surface area contributed by atoms with Gasteiger partial charge in [0.15, 0.2) is 23.0 Å². The summed E-state index contributed by atoms with van der Waals surface area (Å²) in [5.41, 5.74) is 13.4. The van der Waals surface area contributed by atoms with Gasteiger partial charge in [-0.2, -0.15) is 0 Å². The Morgan fingerprint density at radius 3 is 1.47 bits per heavy atom. The zero-order chi connectivity index (χ0) is 57.9. The van der Waals surface area contributed by atoms with Crippen LogP contribution in [-0.4, -0.2) is 116 Å². The van der Waals surface area contributed by atoms with Crippen LogP contribution in [0.3, 0.4) is 0 Å². The Labute approximate surface area is 473 Å². The van der Waals surface area contributed by atoms with E-state index in [-0.39, 0.29) is 76.6 Å². The van der Waals surface area contributed by atoms with Gasteiger partial charge in [0.05, 0.1) is 58.6 Å². The maximum atomic E-state index is 14.2. The van der Waals surface area contributed by atoms with E-state index >= 15 is 0 Å². The lowest BCUT2D eigenvalue weighted by Gasteiger charge is -2.32. The second-order valence-electron chi connectivity index (χ2n) is 21.0. The molecular formula is C60H68N8O11S2. The molecule has 19 nitrogen and oxygen atoms in total. The lowest BCUT2D eigenvalue weighted by atomic mass is 9.86. The van der Waals surface area contributed by atoms with Crippen LogP contribution in [-0.2, 0) is 38.1 Å². The van der Waals surface area contributed by atoms with E-state index in [0.29, 0.717) is 94.7 Å². The number of ether oxygens (including phenoxy) is 4. The van der Waals surface area contributed by atoms with Crippen LogP contribution in [0.2, 0.25) is 0 Å². The molecule has 426 valence electrons. The van der Waals surface area contributed by atoms with Crippen molar-refractivity contribution in [3.63, 3.8) is 0 Å². The maximum Gasteiger partial charge on any atom is 0.257 e. The van der Waals surface area contributed by atoms with Crippen LogP contribution in [0.4, 0.5) is 17.1 Å². The van der Waals surface area contributed by atoms with E-state index in [4.69, 9.17) is 34.7 Å². The number of nitrogens with one attached hydrogen (secondary N) is 3. The molecule has 4 heterocycles. The van der Waals surface area contributed by atoms with Crippen molar-refractivity contribution >= 4 is 78.4 Å². The summed E-state index contributed by atoms with van der Waals surface area (Å²) in [6, 6.07) is 24.6. The molecule has 4 aliphatic heterocycles. The van der Waals surface area contributed by atoms with Crippen LogP contribution in [0.25, 0.3) is 11.1 Å². The van der Waals surface area contributed by atoms with Crippen molar-refractivity contribution in [2.24, 2.45) is 33.5 Å². The Balaban J connectivity index is 0.945. The van der Waals surface area contributed by atoms with Crippen molar-refractivity contribution < 1.29 is 50.2 Å². The highest BCUT2D eigenvalue weighted by Crippen LogP contribution is 2.41. The van der Waals surface area contributed by atoms with Crippen molar-refractivity contribution in [3.8, 4) is 23.0 Å². The topological polar surface area (TPSA) is 250 Å². The first-order valence-electron chi connectivity index (χ1n) is 26.8. The van der Waals surface area contributed by atoms with E-state index in [9.17, 15) is 31.2 Å². The molecule has 21 heteroatoms. The van der Waals surface area contributed by atoms with Crippen molar-refractivity contribution in [3.05, 3.63) is 137 Å². The predicted octanol–water partition coefficient (Wildman–Crippen LogP) is 8.29. The van der Waals surface area contributed by atoms with Gasteiger partial charge < -0.3 is 39.8 Å². The van der Waals surface area contributed by atoms with Gasteiger partial charge in [-0.25, -0.2) is 26.3 Å². The van der Waals surface area contributed by atoms with Crippen LogP contribution >= 0.6 is 0 Å². The number of rotatable bonds is 20. The molecule has 0 spiro atoms. The molecule has 81 heavy (non-hydrogen) atoms. The SMILES string of the molecule is CNS(=O)(=O)c1ccc(C2=CCN3C(=O)c4cc(OC)c(OCc5cc(COc6cc7c(cc6OC)C(=O)N6CC=C(c8ccc(S(=O)(=O)NC)cc8)C[C@H]6C=N7)cc(NC(=O)[C@H](C)CC(C)[C@@H](N)C(C)C)c5)cc4N=C[C@@H]3C2)cc1. The van der Waals surface area contributed by atoms with E-state index < -0.39 is 20.0 Å². The predicted molar refractivity (Wildman–Crippen MR) is 312 cm³/mol. The molecule has 0 fully saturated rings. The minimum atomic E-state index is -3.60.